The lowest BCUT2D eigenvalue weighted by Gasteiger charge is -2.36. The smallest absolute Gasteiger partial charge is 0.117 e. The summed E-state index contributed by atoms with van der Waals surface area (Å²) in [4.78, 5) is 4.17. The minimum absolute atomic E-state index is 0.309. The Bertz CT molecular complexity index is 568. The molecule has 18 heavy (non-hydrogen) atoms. The fourth-order valence-electron chi connectivity index (χ4n) is 2.58. The van der Waals surface area contributed by atoms with E-state index in [0.717, 1.165) is 23.1 Å². The molecule has 0 saturated carbocycles. The molecular weight excluding hydrogens is 226 g/mol. The SMILES string of the molecule is CC1(c2cccnc2)OCCc2cc(O)ccc21. The highest BCUT2D eigenvalue weighted by atomic mass is 16.5. The fourth-order valence-corrected chi connectivity index (χ4v) is 2.58. The Labute approximate surface area is 106 Å². The molecule has 0 saturated heterocycles. The van der Waals surface area contributed by atoms with E-state index >= 15 is 0 Å². The van der Waals surface area contributed by atoms with Crippen LogP contribution in [0.25, 0.3) is 0 Å². The molecule has 0 amide bonds. The van der Waals surface area contributed by atoms with Gasteiger partial charge in [-0.25, -0.2) is 0 Å². The Hall–Kier alpha value is -1.87. The second-order valence-electron chi connectivity index (χ2n) is 4.71. The predicted octanol–water partition coefficient (Wildman–Crippen LogP) is 2.62. The van der Waals surface area contributed by atoms with Gasteiger partial charge in [0.15, 0.2) is 0 Å². The number of phenols is 1. The van der Waals surface area contributed by atoms with Crippen molar-refractivity contribution < 1.29 is 9.84 Å². The first-order chi connectivity index (χ1) is 8.70. The van der Waals surface area contributed by atoms with E-state index in [1.54, 1.807) is 12.3 Å². The zero-order chi connectivity index (χ0) is 12.6. The molecule has 0 fully saturated rings. The number of rotatable bonds is 1. The van der Waals surface area contributed by atoms with Gasteiger partial charge in [0.1, 0.15) is 11.4 Å². The van der Waals surface area contributed by atoms with Crippen molar-refractivity contribution >= 4 is 0 Å². The van der Waals surface area contributed by atoms with E-state index in [1.165, 1.54) is 0 Å². The fraction of sp³-hybridized carbons (Fsp3) is 0.267. The molecule has 1 unspecified atom stereocenters. The number of nitrogens with zero attached hydrogens (tertiary/aromatic N) is 1. The first kappa shape index (κ1) is 11.2. The van der Waals surface area contributed by atoms with Crippen LogP contribution in [-0.2, 0) is 16.8 Å². The van der Waals surface area contributed by atoms with E-state index in [1.807, 2.05) is 30.5 Å². The van der Waals surface area contributed by atoms with E-state index in [-0.39, 0.29) is 0 Å². The molecule has 1 aliphatic rings. The van der Waals surface area contributed by atoms with Gasteiger partial charge in [-0.3, -0.25) is 4.98 Å². The summed E-state index contributed by atoms with van der Waals surface area (Å²) in [6.07, 6.45) is 4.43. The van der Waals surface area contributed by atoms with Crippen molar-refractivity contribution in [2.75, 3.05) is 6.61 Å². The predicted molar refractivity (Wildman–Crippen MR) is 68.5 cm³/mol. The number of pyridine rings is 1. The number of fused-ring (bicyclic) bond motifs is 1. The monoisotopic (exact) mass is 241 g/mol. The van der Waals surface area contributed by atoms with Crippen molar-refractivity contribution in [2.24, 2.45) is 0 Å². The van der Waals surface area contributed by atoms with Crippen molar-refractivity contribution in [3.8, 4) is 5.75 Å². The molecule has 1 N–H and O–H groups in total. The minimum Gasteiger partial charge on any atom is -0.508 e. The highest BCUT2D eigenvalue weighted by Gasteiger charge is 2.35. The number of benzene rings is 1. The summed E-state index contributed by atoms with van der Waals surface area (Å²) in [6.45, 7) is 2.71. The number of aromatic hydroxyl groups is 1. The van der Waals surface area contributed by atoms with Crippen molar-refractivity contribution in [3.63, 3.8) is 0 Å². The molecule has 3 heteroatoms. The second kappa shape index (κ2) is 4.10. The zero-order valence-electron chi connectivity index (χ0n) is 10.3. The highest BCUT2D eigenvalue weighted by Crippen LogP contribution is 2.39. The number of hydrogen-bond donors (Lipinski definition) is 1. The van der Waals surface area contributed by atoms with Crippen LogP contribution in [-0.4, -0.2) is 16.7 Å². The highest BCUT2D eigenvalue weighted by molar-refractivity contribution is 5.44. The van der Waals surface area contributed by atoms with Gasteiger partial charge in [-0.2, -0.15) is 0 Å². The van der Waals surface area contributed by atoms with Crippen LogP contribution in [0.4, 0.5) is 0 Å². The van der Waals surface area contributed by atoms with Crippen LogP contribution in [0.5, 0.6) is 5.75 Å². The summed E-state index contributed by atoms with van der Waals surface area (Å²) < 4.78 is 6.00. The van der Waals surface area contributed by atoms with Crippen LogP contribution in [0.2, 0.25) is 0 Å². The van der Waals surface area contributed by atoms with E-state index in [4.69, 9.17) is 4.74 Å². The Kier molecular flexibility index (Phi) is 2.56. The third-order valence-corrected chi connectivity index (χ3v) is 3.58. The average Bonchev–Trinajstić information content (AvgIpc) is 2.40. The standard InChI is InChI=1S/C15H15NO2/c1-15(12-3-2-7-16-10-12)14-5-4-13(17)9-11(14)6-8-18-15/h2-5,7,9-10,17H,6,8H2,1H3. The van der Waals surface area contributed by atoms with Gasteiger partial charge >= 0.3 is 0 Å². The lowest BCUT2D eigenvalue weighted by atomic mass is 9.83. The van der Waals surface area contributed by atoms with Crippen LogP contribution in [0.3, 0.4) is 0 Å². The minimum atomic E-state index is -0.477. The quantitative estimate of drug-likeness (QED) is 0.834. The van der Waals surface area contributed by atoms with E-state index in [9.17, 15) is 5.11 Å². The first-order valence-electron chi connectivity index (χ1n) is 6.07. The second-order valence-corrected chi connectivity index (χ2v) is 4.71. The Morgan fingerprint density at radius 2 is 2.22 bits per heavy atom. The number of aromatic nitrogens is 1. The maximum Gasteiger partial charge on any atom is 0.117 e. The van der Waals surface area contributed by atoms with Gasteiger partial charge in [-0.1, -0.05) is 12.1 Å². The summed E-state index contributed by atoms with van der Waals surface area (Å²) in [5.74, 6) is 0.309. The maximum absolute atomic E-state index is 9.58. The largest absolute Gasteiger partial charge is 0.508 e. The summed E-state index contributed by atoms with van der Waals surface area (Å²) in [5.41, 5.74) is 2.82. The van der Waals surface area contributed by atoms with Crippen LogP contribution >= 0.6 is 0 Å². The van der Waals surface area contributed by atoms with Crippen molar-refractivity contribution in [3.05, 3.63) is 59.4 Å². The molecule has 1 aromatic heterocycles. The molecule has 2 heterocycles. The maximum atomic E-state index is 9.58. The molecule has 1 aromatic carbocycles. The molecule has 3 nitrogen and oxygen atoms in total. The average molecular weight is 241 g/mol. The van der Waals surface area contributed by atoms with Gasteiger partial charge in [0, 0.05) is 18.0 Å². The van der Waals surface area contributed by atoms with Crippen molar-refractivity contribution in [2.45, 2.75) is 18.9 Å². The number of ether oxygens (including phenoxy) is 1. The molecule has 1 atom stereocenters. The molecular formula is C15H15NO2. The molecule has 2 aromatic rings. The van der Waals surface area contributed by atoms with Gasteiger partial charge in [-0.15, -0.1) is 0 Å². The zero-order valence-corrected chi connectivity index (χ0v) is 10.3. The molecule has 3 rings (SSSR count). The Balaban J connectivity index is 2.16. The molecule has 92 valence electrons. The van der Waals surface area contributed by atoms with Gasteiger partial charge in [-0.05, 0) is 42.7 Å². The first-order valence-corrected chi connectivity index (χ1v) is 6.07. The molecule has 1 aliphatic heterocycles. The number of phenolic OH excluding ortho intramolecular Hbond substituents is 1. The summed E-state index contributed by atoms with van der Waals surface area (Å²) >= 11 is 0. The Morgan fingerprint density at radius 3 is 3.00 bits per heavy atom. The van der Waals surface area contributed by atoms with Gasteiger partial charge in [0.2, 0.25) is 0 Å². The van der Waals surface area contributed by atoms with E-state index in [2.05, 4.69) is 11.9 Å². The number of hydrogen-bond acceptors (Lipinski definition) is 3. The third-order valence-electron chi connectivity index (χ3n) is 3.58. The van der Waals surface area contributed by atoms with E-state index in [0.29, 0.717) is 12.4 Å². The third kappa shape index (κ3) is 1.68. The normalized spacial score (nSPS) is 22.5. The van der Waals surface area contributed by atoms with E-state index < -0.39 is 5.60 Å². The Morgan fingerprint density at radius 1 is 1.33 bits per heavy atom. The molecule has 0 bridgehead atoms. The van der Waals surface area contributed by atoms with Crippen LogP contribution < -0.4 is 0 Å². The van der Waals surface area contributed by atoms with Crippen molar-refractivity contribution in [1.29, 1.82) is 0 Å². The molecule has 0 radical (unpaired) electrons. The molecule has 0 aliphatic carbocycles. The lowest BCUT2D eigenvalue weighted by Crippen LogP contribution is -2.33. The summed E-state index contributed by atoms with van der Waals surface area (Å²) in [7, 11) is 0. The topological polar surface area (TPSA) is 42.4 Å². The van der Waals surface area contributed by atoms with Gasteiger partial charge in [0.05, 0.1) is 6.61 Å². The molecule has 0 spiro atoms. The van der Waals surface area contributed by atoms with Gasteiger partial charge in [0.25, 0.3) is 0 Å². The lowest BCUT2D eigenvalue weighted by molar-refractivity contribution is -0.0144. The van der Waals surface area contributed by atoms with Gasteiger partial charge < -0.3 is 9.84 Å². The van der Waals surface area contributed by atoms with Crippen LogP contribution in [0, 0.1) is 0 Å². The van der Waals surface area contributed by atoms with Crippen LogP contribution in [0.1, 0.15) is 23.6 Å². The van der Waals surface area contributed by atoms with Crippen molar-refractivity contribution in [1.82, 2.24) is 4.98 Å². The summed E-state index contributed by atoms with van der Waals surface area (Å²) in [5, 5.41) is 9.58. The van der Waals surface area contributed by atoms with Crippen LogP contribution in [0.15, 0.2) is 42.7 Å². The summed E-state index contributed by atoms with van der Waals surface area (Å²) in [6, 6.07) is 9.42.